The van der Waals surface area contributed by atoms with Gasteiger partial charge in [0.25, 0.3) is 0 Å². The predicted octanol–water partition coefficient (Wildman–Crippen LogP) is 4.57. The van der Waals surface area contributed by atoms with Crippen molar-refractivity contribution in [3.63, 3.8) is 0 Å². The fourth-order valence-electron chi connectivity index (χ4n) is 3.35. The lowest BCUT2D eigenvalue weighted by molar-refractivity contribution is 0.0842. The van der Waals surface area contributed by atoms with E-state index in [4.69, 9.17) is 21.8 Å². The van der Waals surface area contributed by atoms with Crippen molar-refractivity contribution in [3.8, 4) is 0 Å². The Kier molecular flexibility index (Phi) is 4.05. The minimum atomic E-state index is -0.0435. The third-order valence-corrected chi connectivity index (χ3v) is 4.95. The average Bonchev–Trinajstić information content (AvgIpc) is 2.94. The van der Waals surface area contributed by atoms with Crippen LogP contribution in [0.3, 0.4) is 0 Å². The smallest absolute Gasteiger partial charge is 0.198 e. The number of hydrogen-bond donors (Lipinski definition) is 1. The van der Waals surface area contributed by atoms with Crippen LogP contribution in [-0.4, -0.2) is 12.3 Å². The van der Waals surface area contributed by atoms with E-state index in [1.807, 2.05) is 12.1 Å². The number of hydrogen-bond acceptors (Lipinski definition) is 3. The number of furan rings is 1. The molecule has 0 unspecified atom stereocenters. The molecule has 1 aliphatic rings. The minimum absolute atomic E-state index is 0.0367. The van der Waals surface area contributed by atoms with Gasteiger partial charge in [-0.05, 0) is 36.9 Å². The molecule has 1 heterocycles. The molecule has 1 saturated carbocycles. The van der Waals surface area contributed by atoms with Crippen molar-refractivity contribution in [1.29, 1.82) is 0 Å². The van der Waals surface area contributed by atoms with Crippen LogP contribution in [0.2, 0.25) is 5.02 Å². The van der Waals surface area contributed by atoms with Crippen molar-refractivity contribution in [2.45, 2.75) is 38.5 Å². The molecule has 21 heavy (non-hydrogen) atoms. The summed E-state index contributed by atoms with van der Waals surface area (Å²) in [6, 6.07) is 7.32. The maximum Gasteiger partial charge on any atom is 0.198 e. The molecule has 112 valence electrons. The van der Waals surface area contributed by atoms with Crippen LogP contribution >= 0.6 is 11.6 Å². The van der Waals surface area contributed by atoms with Crippen molar-refractivity contribution in [1.82, 2.24) is 0 Å². The Hall–Kier alpha value is -1.32. The van der Waals surface area contributed by atoms with Gasteiger partial charge in [0, 0.05) is 11.8 Å². The van der Waals surface area contributed by atoms with Gasteiger partial charge in [-0.3, -0.25) is 4.79 Å². The van der Waals surface area contributed by atoms with E-state index in [1.165, 1.54) is 6.42 Å². The molecule has 3 nitrogen and oxygen atoms in total. The number of carbonyl (C=O) groups is 1. The maximum atomic E-state index is 12.6. The molecule has 0 radical (unpaired) electrons. The van der Waals surface area contributed by atoms with Gasteiger partial charge in [0.2, 0.25) is 0 Å². The number of nitrogens with two attached hydrogens (primary N) is 1. The highest BCUT2D eigenvalue weighted by Gasteiger charge is 2.34. The number of halogens is 1. The summed E-state index contributed by atoms with van der Waals surface area (Å²) in [4.78, 5) is 12.6. The second-order valence-corrected chi connectivity index (χ2v) is 6.54. The molecule has 1 fully saturated rings. The summed E-state index contributed by atoms with van der Waals surface area (Å²) in [6.07, 6.45) is 6.12. The Bertz CT molecular complexity index is 656. The van der Waals surface area contributed by atoms with Gasteiger partial charge in [0.15, 0.2) is 17.1 Å². The number of fused-ring (bicyclic) bond motifs is 1. The Balaban J connectivity index is 1.84. The second-order valence-electron chi connectivity index (χ2n) is 6.13. The van der Waals surface area contributed by atoms with E-state index in [-0.39, 0.29) is 11.2 Å². The van der Waals surface area contributed by atoms with Gasteiger partial charge in [0.05, 0.1) is 5.02 Å². The standard InChI is InChI=1S/C17H20ClNO2/c18-13-6-4-5-12-9-15(21-16(12)13)14(20)10-17(11-19)7-2-1-3-8-17/h4-6,9H,1-3,7-8,10-11,19H2. The van der Waals surface area contributed by atoms with Crippen LogP contribution in [0.15, 0.2) is 28.7 Å². The van der Waals surface area contributed by atoms with Crippen molar-refractivity contribution in [2.24, 2.45) is 11.1 Å². The number of benzene rings is 1. The zero-order valence-corrected chi connectivity index (χ0v) is 12.8. The number of Topliss-reactive ketones (excluding diaryl/α,β-unsaturated/α-hetero) is 1. The first kappa shape index (κ1) is 14.6. The monoisotopic (exact) mass is 305 g/mol. The van der Waals surface area contributed by atoms with Crippen molar-refractivity contribution >= 4 is 28.4 Å². The first-order chi connectivity index (χ1) is 10.1. The molecule has 1 aromatic carbocycles. The quantitative estimate of drug-likeness (QED) is 0.842. The van der Waals surface area contributed by atoms with E-state index in [2.05, 4.69) is 0 Å². The molecule has 0 bridgehead atoms. The highest BCUT2D eigenvalue weighted by molar-refractivity contribution is 6.34. The van der Waals surface area contributed by atoms with Gasteiger partial charge in [0.1, 0.15) is 0 Å². The van der Waals surface area contributed by atoms with E-state index >= 15 is 0 Å². The molecule has 1 aromatic heterocycles. The molecule has 2 N–H and O–H groups in total. The van der Waals surface area contributed by atoms with Crippen LogP contribution in [0, 0.1) is 5.41 Å². The highest BCUT2D eigenvalue weighted by atomic mass is 35.5. The van der Waals surface area contributed by atoms with E-state index in [1.54, 1.807) is 12.1 Å². The van der Waals surface area contributed by atoms with E-state index in [9.17, 15) is 4.79 Å². The van der Waals surface area contributed by atoms with E-state index in [0.717, 1.165) is 31.1 Å². The van der Waals surface area contributed by atoms with Crippen LogP contribution in [0.4, 0.5) is 0 Å². The molecule has 0 saturated heterocycles. The lowest BCUT2D eigenvalue weighted by Crippen LogP contribution is -2.35. The fourth-order valence-corrected chi connectivity index (χ4v) is 3.57. The van der Waals surface area contributed by atoms with Gasteiger partial charge in [-0.1, -0.05) is 43.0 Å². The predicted molar refractivity (Wildman–Crippen MR) is 84.7 cm³/mol. The molecule has 0 amide bonds. The van der Waals surface area contributed by atoms with Gasteiger partial charge < -0.3 is 10.2 Å². The van der Waals surface area contributed by atoms with Crippen molar-refractivity contribution < 1.29 is 9.21 Å². The Morgan fingerprint density at radius 1 is 1.29 bits per heavy atom. The summed E-state index contributed by atoms with van der Waals surface area (Å²) in [5, 5.41) is 1.41. The molecule has 0 aliphatic heterocycles. The van der Waals surface area contributed by atoms with Crippen LogP contribution < -0.4 is 5.73 Å². The summed E-state index contributed by atoms with van der Waals surface area (Å²) in [5.74, 6) is 0.436. The third kappa shape index (κ3) is 2.85. The summed E-state index contributed by atoms with van der Waals surface area (Å²) in [6.45, 7) is 0.569. The Morgan fingerprint density at radius 3 is 2.71 bits per heavy atom. The van der Waals surface area contributed by atoms with Crippen LogP contribution in [0.5, 0.6) is 0 Å². The highest BCUT2D eigenvalue weighted by Crippen LogP contribution is 2.39. The van der Waals surface area contributed by atoms with E-state index < -0.39 is 0 Å². The van der Waals surface area contributed by atoms with Gasteiger partial charge >= 0.3 is 0 Å². The van der Waals surface area contributed by atoms with Crippen molar-refractivity contribution in [3.05, 3.63) is 35.0 Å². The van der Waals surface area contributed by atoms with E-state index in [0.29, 0.717) is 29.3 Å². The number of para-hydroxylation sites is 1. The second kappa shape index (κ2) is 5.82. The number of carbonyl (C=O) groups excluding carboxylic acids is 1. The third-order valence-electron chi connectivity index (χ3n) is 4.65. The topological polar surface area (TPSA) is 56.2 Å². The van der Waals surface area contributed by atoms with Crippen LogP contribution in [0.25, 0.3) is 11.0 Å². The lowest BCUT2D eigenvalue weighted by atomic mass is 9.71. The van der Waals surface area contributed by atoms with Crippen LogP contribution in [-0.2, 0) is 0 Å². The lowest BCUT2D eigenvalue weighted by Gasteiger charge is -2.35. The molecule has 2 aromatic rings. The molecule has 4 heteroatoms. The van der Waals surface area contributed by atoms with Gasteiger partial charge in [-0.15, -0.1) is 0 Å². The van der Waals surface area contributed by atoms with Crippen molar-refractivity contribution in [2.75, 3.05) is 6.54 Å². The Labute approximate surface area is 129 Å². The summed E-state index contributed by atoms with van der Waals surface area (Å²) in [7, 11) is 0. The van der Waals surface area contributed by atoms with Gasteiger partial charge in [-0.25, -0.2) is 0 Å². The zero-order chi connectivity index (χ0) is 14.9. The number of ketones is 1. The molecule has 0 spiro atoms. The molecule has 0 atom stereocenters. The minimum Gasteiger partial charge on any atom is -0.451 e. The van der Waals surface area contributed by atoms with Gasteiger partial charge in [-0.2, -0.15) is 0 Å². The summed E-state index contributed by atoms with van der Waals surface area (Å²) >= 11 is 6.10. The summed E-state index contributed by atoms with van der Waals surface area (Å²) < 4.78 is 5.67. The maximum absolute atomic E-state index is 12.6. The number of rotatable bonds is 4. The average molecular weight is 306 g/mol. The largest absolute Gasteiger partial charge is 0.451 e. The molecular weight excluding hydrogens is 286 g/mol. The first-order valence-electron chi connectivity index (χ1n) is 7.55. The fraction of sp³-hybridized carbons (Fsp3) is 0.471. The Morgan fingerprint density at radius 2 is 2.05 bits per heavy atom. The molecule has 1 aliphatic carbocycles. The zero-order valence-electron chi connectivity index (χ0n) is 12.0. The SMILES string of the molecule is NCC1(CC(=O)c2cc3cccc(Cl)c3o2)CCCCC1. The molecule has 3 rings (SSSR count). The van der Waals surface area contributed by atoms with Crippen LogP contribution in [0.1, 0.15) is 49.1 Å². The normalized spacial score (nSPS) is 18.0. The molecular formula is C17H20ClNO2. The summed E-state index contributed by atoms with van der Waals surface area (Å²) in [5.41, 5.74) is 6.51. The first-order valence-corrected chi connectivity index (χ1v) is 7.93.